The van der Waals surface area contributed by atoms with Gasteiger partial charge in [0.1, 0.15) is 6.04 Å². The van der Waals surface area contributed by atoms with Crippen LogP contribution in [0.2, 0.25) is 0 Å². The van der Waals surface area contributed by atoms with E-state index >= 15 is 0 Å². The Morgan fingerprint density at radius 1 is 1.47 bits per heavy atom. The number of benzene rings is 1. The largest absolute Gasteiger partial charge is 0.464 e. The fourth-order valence-corrected chi connectivity index (χ4v) is 1.90. The van der Waals surface area contributed by atoms with Crippen LogP contribution in [0.15, 0.2) is 22.7 Å². The average molecular weight is 300 g/mol. The molecule has 1 N–H and O–H groups in total. The van der Waals surface area contributed by atoms with Crippen LogP contribution in [0.25, 0.3) is 0 Å². The number of halogens is 1. The third-order valence-electron chi connectivity index (χ3n) is 2.50. The molecule has 0 amide bonds. The molecular formula is C13H18BrNO2. The van der Waals surface area contributed by atoms with E-state index in [1.165, 1.54) is 0 Å². The monoisotopic (exact) mass is 299 g/mol. The van der Waals surface area contributed by atoms with Gasteiger partial charge in [-0.25, -0.2) is 4.79 Å². The number of nitrogens with one attached hydrogen (secondary N) is 1. The molecule has 1 aromatic carbocycles. The molecule has 1 aromatic rings. The van der Waals surface area contributed by atoms with E-state index in [2.05, 4.69) is 21.2 Å². The number of ether oxygens (including phenoxy) is 1. The van der Waals surface area contributed by atoms with Crippen LogP contribution in [0.3, 0.4) is 0 Å². The summed E-state index contributed by atoms with van der Waals surface area (Å²) in [6, 6.07) is 5.62. The van der Waals surface area contributed by atoms with E-state index < -0.39 is 0 Å². The van der Waals surface area contributed by atoms with Crippen LogP contribution in [0.1, 0.15) is 25.8 Å². The average Bonchev–Trinajstić information content (AvgIpc) is 2.31. The third kappa shape index (κ3) is 3.73. The number of anilines is 1. The molecule has 94 valence electrons. The van der Waals surface area contributed by atoms with Gasteiger partial charge >= 0.3 is 5.97 Å². The molecule has 0 spiro atoms. The second kappa shape index (κ2) is 6.64. The van der Waals surface area contributed by atoms with Gasteiger partial charge in [0.15, 0.2) is 0 Å². The zero-order valence-corrected chi connectivity index (χ0v) is 12.0. The molecule has 17 heavy (non-hydrogen) atoms. The Kier molecular flexibility index (Phi) is 5.48. The Labute approximate surface area is 111 Å². The van der Waals surface area contributed by atoms with E-state index in [0.29, 0.717) is 13.0 Å². The Balaban J connectivity index is 2.80. The molecule has 0 aliphatic heterocycles. The van der Waals surface area contributed by atoms with Crippen LogP contribution in [-0.2, 0) is 9.53 Å². The quantitative estimate of drug-likeness (QED) is 0.846. The van der Waals surface area contributed by atoms with Crippen molar-refractivity contribution < 1.29 is 9.53 Å². The second-order valence-electron chi connectivity index (χ2n) is 3.79. The van der Waals surface area contributed by atoms with Gasteiger partial charge < -0.3 is 10.1 Å². The van der Waals surface area contributed by atoms with E-state index in [-0.39, 0.29) is 12.0 Å². The summed E-state index contributed by atoms with van der Waals surface area (Å²) in [6.07, 6.45) is 0.694. The highest BCUT2D eigenvalue weighted by Gasteiger charge is 2.18. The maximum Gasteiger partial charge on any atom is 0.328 e. The number of esters is 1. The van der Waals surface area contributed by atoms with Crippen LogP contribution in [0, 0.1) is 6.92 Å². The molecule has 0 saturated heterocycles. The molecule has 1 rings (SSSR count). The van der Waals surface area contributed by atoms with Crippen molar-refractivity contribution in [3.05, 3.63) is 28.2 Å². The molecule has 0 fully saturated rings. The molecule has 4 heteroatoms. The predicted molar refractivity (Wildman–Crippen MR) is 73.2 cm³/mol. The number of aryl methyl sites for hydroxylation is 1. The second-order valence-corrected chi connectivity index (χ2v) is 4.59. The van der Waals surface area contributed by atoms with Crippen LogP contribution in [-0.4, -0.2) is 18.6 Å². The minimum absolute atomic E-state index is 0.205. The van der Waals surface area contributed by atoms with E-state index in [0.717, 1.165) is 15.7 Å². The number of hydrogen-bond acceptors (Lipinski definition) is 3. The van der Waals surface area contributed by atoms with Crippen molar-refractivity contribution in [3.8, 4) is 0 Å². The van der Waals surface area contributed by atoms with Gasteiger partial charge in [-0.2, -0.15) is 0 Å². The molecule has 3 nitrogen and oxygen atoms in total. The fraction of sp³-hybridized carbons (Fsp3) is 0.462. The smallest absolute Gasteiger partial charge is 0.328 e. The first-order chi connectivity index (χ1) is 8.10. The summed E-state index contributed by atoms with van der Waals surface area (Å²) in [5.74, 6) is -0.205. The van der Waals surface area contributed by atoms with E-state index in [9.17, 15) is 4.79 Å². The maximum absolute atomic E-state index is 11.7. The molecule has 0 aromatic heterocycles. The van der Waals surface area contributed by atoms with Crippen molar-refractivity contribution in [3.63, 3.8) is 0 Å². The lowest BCUT2D eigenvalue weighted by Gasteiger charge is -2.18. The molecule has 0 aliphatic carbocycles. The van der Waals surface area contributed by atoms with Crippen molar-refractivity contribution in [1.29, 1.82) is 0 Å². The first kappa shape index (κ1) is 14.0. The summed E-state index contributed by atoms with van der Waals surface area (Å²) >= 11 is 3.51. The predicted octanol–water partition coefficient (Wildman–Crippen LogP) is 3.51. The Hall–Kier alpha value is -1.03. The highest BCUT2D eigenvalue weighted by atomic mass is 79.9. The maximum atomic E-state index is 11.7. The van der Waals surface area contributed by atoms with Gasteiger partial charge in [0.25, 0.3) is 0 Å². The molecule has 1 unspecified atom stereocenters. The van der Waals surface area contributed by atoms with E-state index in [4.69, 9.17) is 4.74 Å². The van der Waals surface area contributed by atoms with Gasteiger partial charge in [-0.05, 0) is 47.8 Å². The summed E-state index contributed by atoms with van der Waals surface area (Å²) in [6.45, 7) is 6.19. The number of carbonyl (C=O) groups excluding carboxylic acids is 1. The zero-order chi connectivity index (χ0) is 12.8. The Morgan fingerprint density at radius 3 is 2.76 bits per heavy atom. The molecular weight excluding hydrogens is 282 g/mol. The Morgan fingerprint density at radius 2 is 2.18 bits per heavy atom. The summed E-state index contributed by atoms with van der Waals surface area (Å²) in [5.41, 5.74) is 2.05. The van der Waals surface area contributed by atoms with Gasteiger partial charge in [-0.3, -0.25) is 0 Å². The van der Waals surface area contributed by atoms with Gasteiger partial charge in [0.05, 0.1) is 6.61 Å². The minimum atomic E-state index is -0.298. The molecule has 0 aliphatic rings. The number of hydrogen-bond donors (Lipinski definition) is 1. The minimum Gasteiger partial charge on any atom is -0.464 e. The van der Waals surface area contributed by atoms with Gasteiger partial charge in [-0.15, -0.1) is 0 Å². The van der Waals surface area contributed by atoms with Crippen LogP contribution in [0.4, 0.5) is 5.69 Å². The number of carbonyl (C=O) groups is 1. The normalized spacial score (nSPS) is 12.0. The van der Waals surface area contributed by atoms with Gasteiger partial charge in [-0.1, -0.05) is 19.1 Å². The standard InChI is InChI=1S/C13H18BrNO2/c1-4-10(13(16)17-5-2)15-11-8-6-7-9(3)12(11)14/h6-8,10,15H,4-5H2,1-3H3. The lowest BCUT2D eigenvalue weighted by Crippen LogP contribution is -2.30. The third-order valence-corrected chi connectivity index (χ3v) is 3.55. The first-order valence-electron chi connectivity index (χ1n) is 5.78. The van der Waals surface area contributed by atoms with Crippen LogP contribution in [0.5, 0.6) is 0 Å². The highest BCUT2D eigenvalue weighted by molar-refractivity contribution is 9.10. The van der Waals surface area contributed by atoms with Crippen molar-refractivity contribution in [2.24, 2.45) is 0 Å². The Bertz CT molecular complexity index is 393. The van der Waals surface area contributed by atoms with E-state index in [1.54, 1.807) is 0 Å². The highest BCUT2D eigenvalue weighted by Crippen LogP contribution is 2.26. The summed E-state index contributed by atoms with van der Waals surface area (Å²) in [4.78, 5) is 11.7. The zero-order valence-electron chi connectivity index (χ0n) is 10.4. The summed E-state index contributed by atoms with van der Waals surface area (Å²) < 4.78 is 6.01. The van der Waals surface area contributed by atoms with Crippen molar-refractivity contribution >= 4 is 27.6 Å². The lowest BCUT2D eigenvalue weighted by atomic mass is 10.2. The lowest BCUT2D eigenvalue weighted by molar-refractivity contribution is -0.144. The van der Waals surface area contributed by atoms with Gasteiger partial charge in [0, 0.05) is 10.2 Å². The first-order valence-corrected chi connectivity index (χ1v) is 6.57. The molecule has 0 radical (unpaired) electrons. The molecule has 0 bridgehead atoms. The summed E-state index contributed by atoms with van der Waals surface area (Å²) in [7, 11) is 0. The van der Waals surface area contributed by atoms with E-state index in [1.807, 2.05) is 39.0 Å². The molecule has 1 atom stereocenters. The summed E-state index contributed by atoms with van der Waals surface area (Å²) in [5, 5.41) is 3.20. The topological polar surface area (TPSA) is 38.3 Å². The molecule has 0 saturated carbocycles. The van der Waals surface area contributed by atoms with Crippen LogP contribution < -0.4 is 5.32 Å². The fourth-order valence-electron chi connectivity index (χ4n) is 1.52. The SMILES string of the molecule is CCOC(=O)C(CC)Nc1cccc(C)c1Br. The van der Waals surface area contributed by atoms with Crippen molar-refractivity contribution in [1.82, 2.24) is 0 Å². The van der Waals surface area contributed by atoms with Crippen molar-refractivity contribution in [2.75, 3.05) is 11.9 Å². The van der Waals surface area contributed by atoms with Crippen LogP contribution >= 0.6 is 15.9 Å². The number of rotatable bonds is 5. The van der Waals surface area contributed by atoms with Crippen molar-refractivity contribution in [2.45, 2.75) is 33.2 Å². The van der Waals surface area contributed by atoms with Gasteiger partial charge in [0.2, 0.25) is 0 Å². The molecule has 0 heterocycles.